The zero-order valence-electron chi connectivity index (χ0n) is 17.4. The highest BCUT2D eigenvalue weighted by molar-refractivity contribution is 9.10. The standard InChI is InChI=1S/C24H25BrN2O3S/c1-29-21-13-17(19(25)14-22(21)30-15-16-8-4-2-5-9-16)12-20-23(28)27(24(31)26-20)18-10-6-3-7-11-18/h2,4-5,8-9,12-14,18H,3,6-7,10-11,15H2,1H3,(H,26,31)/b20-12-. The van der Waals surface area contributed by atoms with Gasteiger partial charge < -0.3 is 14.8 Å². The van der Waals surface area contributed by atoms with E-state index < -0.39 is 0 Å². The van der Waals surface area contributed by atoms with E-state index in [1.165, 1.54) is 6.42 Å². The van der Waals surface area contributed by atoms with Crippen LogP contribution in [0.1, 0.15) is 43.2 Å². The molecule has 0 radical (unpaired) electrons. The summed E-state index contributed by atoms with van der Waals surface area (Å²) in [4.78, 5) is 14.8. The Morgan fingerprint density at radius 3 is 2.61 bits per heavy atom. The van der Waals surface area contributed by atoms with Crippen molar-refractivity contribution in [2.45, 2.75) is 44.8 Å². The second-order valence-corrected chi connectivity index (χ2v) is 9.00. The molecular formula is C24H25BrN2O3S. The Balaban J connectivity index is 1.54. The third kappa shape index (κ3) is 4.93. The molecule has 5 nitrogen and oxygen atoms in total. The fraction of sp³-hybridized carbons (Fsp3) is 0.333. The fourth-order valence-corrected chi connectivity index (χ4v) is 4.82. The average molecular weight is 501 g/mol. The Morgan fingerprint density at radius 2 is 1.90 bits per heavy atom. The van der Waals surface area contributed by atoms with Gasteiger partial charge in [0.1, 0.15) is 12.3 Å². The van der Waals surface area contributed by atoms with Gasteiger partial charge in [0, 0.05) is 10.5 Å². The van der Waals surface area contributed by atoms with Crippen LogP contribution >= 0.6 is 28.1 Å². The number of methoxy groups -OCH3 is 1. The number of thiocarbonyl (C=S) groups is 1. The molecule has 1 aliphatic carbocycles. The molecule has 0 bridgehead atoms. The first-order valence-electron chi connectivity index (χ1n) is 10.5. The molecule has 1 heterocycles. The van der Waals surface area contributed by atoms with Gasteiger partial charge in [-0.3, -0.25) is 9.69 Å². The summed E-state index contributed by atoms with van der Waals surface area (Å²) in [5.41, 5.74) is 2.37. The zero-order chi connectivity index (χ0) is 21.8. The van der Waals surface area contributed by atoms with Gasteiger partial charge in [0.2, 0.25) is 0 Å². The number of ether oxygens (including phenoxy) is 2. The van der Waals surface area contributed by atoms with Crippen molar-refractivity contribution in [1.29, 1.82) is 0 Å². The van der Waals surface area contributed by atoms with Crippen LogP contribution in [-0.2, 0) is 11.4 Å². The summed E-state index contributed by atoms with van der Waals surface area (Å²) in [6.07, 6.45) is 7.34. The maximum absolute atomic E-state index is 13.0. The van der Waals surface area contributed by atoms with Gasteiger partial charge in [-0.05, 0) is 54.4 Å². The highest BCUT2D eigenvalue weighted by Gasteiger charge is 2.36. The summed E-state index contributed by atoms with van der Waals surface area (Å²) in [5, 5.41) is 3.60. The molecule has 162 valence electrons. The number of hydrogen-bond donors (Lipinski definition) is 1. The molecule has 0 aromatic heterocycles. The quantitative estimate of drug-likeness (QED) is 0.423. The van der Waals surface area contributed by atoms with Crippen LogP contribution in [0.15, 0.2) is 52.6 Å². The number of carbonyl (C=O) groups is 1. The number of benzene rings is 2. The number of nitrogens with one attached hydrogen (secondary N) is 1. The smallest absolute Gasteiger partial charge is 0.276 e. The van der Waals surface area contributed by atoms with Crippen LogP contribution in [0.25, 0.3) is 6.08 Å². The number of rotatable bonds is 6. The molecular weight excluding hydrogens is 476 g/mol. The maximum Gasteiger partial charge on any atom is 0.276 e. The Labute approximate surface area is 196 Å². The van der Waals surface area contributed by atoms with Crippen molar-refractivity contribution in [1.82, 2.24) is 10.2 Å². The van der Waals surface area contributed by atoms with Gasteiger partial charge in [0.15, 0.2) is 16.6 Å². The van der Waals surface area contributed by atoms with Gasteiger partial charge in [-0.25, -0.2) is 0 Å². The summed E-state index contributed by atoms with van der Waals surface area (Å²) in [7, 11) is 1.61. The van der Waals surface area contributed by atoms with Crippen LogP contribution in [-0.4, -0.2) is 29.1 Å². The predicted molar refractivity (Wildman–Crippen MR) is 129 cm³/mol. The van der Waals surface area contributed by atoms with Crippen molar-refractivity contribution >= 4 is 45.2 Å². The summed E-state index contributed by atoms with van der Waals surface area (Å²) >= 11 is 9.08. The van der Waals surface area contributed by atoms with Gasteiger partial charge in [0.05, 0.1) is 7.11 Å². The van der Waals surface area contributed by atoms with Crippen molar-refractivity contribution in [2.24, 2.45) is 0 Å². The minimum absolute atomic E-state index is 0.0628. The Kier molecular flexibility index (Phi) is 6.92. The van der Waals surface area contributed by atoms with Gasteiger partial charge in [-0.15, -0.1) is 0 Å². The minimum atomic E-state index is -0.0628. The second-order valence-electron chi connectivity index (χ2n) is 7.75. The van der Waals surface area contributed by atoms with Crippen LogP contribution in [0.5, 0.6) is 11.5 Å². The van der Waals surface area contributed by atoms with Crippen LogP contribution in [0.2, 0.25) is 0 Å². The van der Waals surface area contributed by atoms with Crippen molar-refractivity contribution in [3.05, 3.63) is 63.8 Å². The normalized spacial score (nSPS) is 18.4. The topological polar surface area (TPSA) is 50.8 Å². The highest BCUT2D eigenvalue weighted by Crippen LogP contribution is 2.36. The lowest BCUT2D eigenvalue weighted by atomic mass is 9.94. The van der Waals surface area contributed by atoms with Crippen molar-refractivity contribution in [3.8, 4) is 11.5 Å². The van der Waals surface area contributed by atoms with Crippen LogP contribution in [0, 0.1) is 0 Å². The van der Waals surface area contributed by atoms with E-state index in [0.717, 1.165) is 41.3 Å². The molecule has 2 aromatic carbocycles. The molecule has 1 N–H and O–H groups in total. The van der Waals surface area contributed by atoms with Crippen molar-refractivity contribution in [2.75, 3.05) is 7.11 Å². The van der Waals surface area contributed by atoms with E-state index in [0.29, 0.717) is 28.9 Å². The van der Waals surface area contributed by atoms with Crippen molar-refractivity contribution in [3.63, 3.8) is 0 Å². The summed E-state index contributed by atoms with van der Waals surface area (Å²) in [5.74, 6) is 1.17. The minimum Gasteiger partial charge on any atom is -0.493 e. The highest BCUT2D eigenvalue weighted by atomic mass is 79.9. The largest absolute Gasteiger partial charge is 0.493 e. The molecule has 1 aliphatic heterocycles. The Morgan fingerprint density at radius 1 is 1.16 bits per heavy atom. The van der Waals surface area contributed by atoms with Gasteiger partial charge in [0.25, 0.3) is 5.91 Å². The average Bonchev–Trinajstić information content (AvgIpc) is 3.07. The third-order valence-corrected chi connectivity index (χ3v) is 6.65. The van der Waals surface area contributed by atoms with E-state index >= 15 is 0 Å². The van der Waals surface area contributed by atoms with E-state index in [4.69, 9.17) is 21.7 Å². The van der Waals surface area contributed by atoms with E-state index in [9.17, 15) is 4.79 Å². The lowest BCUT2D eigenvalue weighted by Crippen LogP contribution is -2.41. The third-order valence-electron chi connectivity index (χ3n) is 5.67. The van der Waals surface area contributed by atoms with E-state index in [2.05, 4.69) is 21.2 Å². The molecule has 2 fully saturated rings. The lowest BCUT2D eigenvalue weighted by Gasteiger charge is -2.29. The zero-order valence-corrected chi connectivity index (χ0v) is 19.8. The molecule has 1 saturated carbocycles. The van der Waals surface area contributed by atoms with E-state index in [-0.39, 0.29) is 11.9 Å². The predicted octanol–water partition coefficient (Wildman–Crippen LogP) is 5.43. The molecule has 2 aromatic rings. The number of nitrogens with zero attached hydrogens (tertiary/aromatic N) is 1. The monoisotopic (exact) mass is 500 g/mol. The fourth-order valence-electron chi connectivity index (χ4n) is 4.04. The Bertz CT molecular complexity index is 1000. The molecule has 1 saturated heterocycles. The van der Waals surface area contributed by atoms with E-state index in [1.807, 2.05) is 48.5 Å². The molecule has 4 rings (SSSR count). The molecule has 0 atom stereocenters. The molecule has 1 amide bonds. The first-order chi connectivity index (χ1) is 15.1. The van der Waals surface area contributed by atoms with Crippen molar-refractivity contribution < 1.29 is 14.3 Å². The molecule has 31 heavy (non-hydrogen) atoms. The summed E-state index contributed by atoms with van der Waals surface area (Å²) < 4.78 is 12.3. The molecule has 2 aliphatic rings. The van der Waals surface area contributed by atoms with Gasteiger partial charge in [-0.1, -0.05) is 65.5 Å². The SMILES string of the molecule is COc1cc(/C=C2\NC(=S)N(C3CCCCC3)C2=O)c(Br)cc1OCc1ccccc1. The maximum atomic E-state index is 13.0. The van der Waals surface area contributed by atoms with Gasteiger partial charge in [-0.2, -0.15) is 0 Å². The number of hydrogen-bond acceptors (Lipinski definition) is 4. The number of halogens is 1. The van der Waals surface area contributed by atoms with Gasteiger partial charge >= 0.3 is 0 Å². The first-order valence-corrected chi connectivity index (χ1v) is 11.7. The lowest BCUT2D eigenvalue weighted by molar-refractivity contribution is -0.124. The summed E-state index contributed by atoms with van der Waals surface area (Å²) in [6.45, 7) is 0.439. The summed E-state index contributed by atoms with van der Waals surface area (Å²) in [6, 6.07) is 13.9. The van der Waals surface area contributed by atoms with Crippen LogP contribution < -0.4 is 14.8 Å². The molecule has 7 heteroatoms. The number of amides is 1. The second kappa shape index (κ2) is 9.83. The number of carbonyl (C=O) groups excluding carboxylic acids is 1. The van der Waals surface area contributed by atoms with Crippen LogP contribution in [0.3, 0.4) is 0 Å². The van der Waals surface area contributed by atoms with E-state index in [1.54, 1.807) is 12.0 Å². The first kappa shape index (κ1) is 21.8. The Hall–Kier alpha value is -2.38. The van der Waals surface area contributed by atoms with Crippen LogP contribution in [0.4, 0.5) is 0 Å². The molecule has 0 unspecified atom stereocenters. The molecule has 0 spiro atoms.